The van der Waals surface area contributed by atoms with E-state index in [-0.39, 0.29) is 10.9 Å². The molecule has 0 fully saturated rings. The molecule has 0 aliphatic carbocycles. The van der Waals surface area contributed by atoms with Crippen LogP contribution >= 0.6 is 0 Å². The number of hydrogen-bond donors (Lipinski definition) is 2. The molecule has 2 atom stereocenters. The van der Waals surface area contributed by atoms with Crippen molar-refractivity contribution in [2.45, 2.75) is 56.7 Å². The highest BCUT2D eigenvalue weighted by Gasteiger charge is 2.30. The van der Waals surface area contributed by atoms with Crippen LogP contribution in [0, 0.1) is 6.92 Å². The predicted octanol–water partition coefficient (Wildman–Crippen LogP) is 2.04. The van der Waals surface area contributed by atoms with Crippen LogP contribution in [0.25, 0.3) is 0 Å². The van der Waals surface area contributed by atoms with Crippen molar-refractivity contribution in [3.05, 3.63) is 23.8 Å². The third-order valence-corrected chi connectivity index (χ3v) is 5.57. The van der Waals surface area contributed by atoms with Crippen LogP contribution in [0.3, 0.4) is 0 Å². The number of rotatable bonds is 6. The normalized spacial score (nSPS) is 14.5. The lowest BCUT2D eigenvalue weighted by Gasteiger charge is -2.18. The summed E-state index contributed by atoms with van der Waals surface area (Å²) in [6.45, 7) is 7.03. The summed E-state index contributed by atoms with van der Waals surface area (Å²) in [6.07, 6.45) is 1.75. The summed E-state index contributed by atoms with van der Waals surface area (Å²) in [6, 6.07) is 4.46. The fourth-order valence-electron chi connectivity index (χ4n) is 2.04. The summed E-state index contributed by atoms with van der Waals surface area (Å²) in [7, 11) is -3.71. The van der Waals surface area contributed by atoms with Crippen LogP contribution in [0.15, 0.2) is 23.1 Å². The summed E-state index contributed by atoms with van der Waals surface area (Å²) in [5.41, 5.74) is 6.91. The first kappa shape index (κ1) is 17.5. The monoisotopic (exact) mass is 312 g/mol. The lowest BCUT2D eigenvalue weighted by atomic mass is 10.2. The maximum atomic E-state index is 12.5. The van der Waals surface area contributed by atoms with Gasteiger partial charge in [0.05, 0.1) is 4.90 Å². The van der Waals surface area contributed by atoms with Gasteiger partial charge in [0, 0.05) is 11.7 Å². The molecular weight excluding hydrogens is 288 g/mol. The van der Waals surface area contributed by atoms with Crippen molar-refractivity contribution in [2.24, 2.45) is 0 Å². The van der Waals surface area contributed by atoms with Gasteiger partial charge in [-0.3, -0.25) is 4.79 Å². The minimum absolute atomic E-state index is 0.0340. The second-order valence-electron chi connectivity index (χ2n) is 5.40. The van der Waals surface area contributed by atoms with Gasteiger partial charge in [-0.1, -0.05) is 13.3 Å². The van der Waals surface area contributed by atoms with E-state index in [1.165, 1.54) is 19.1 Å². The van der Waals surface area contributed by atoms with E-state index in [1.807, 2.05) is 13.8 Å². The molecule has 6 heteroatoms. The minimum Gasteiger partial charge on any atom is -0.399 e. The Morgan fingerprint density at radius 1 is 1.33 bits per heavy atom. The zero-order valence-electron chi connectivity index (χ0n) is 13.0. The first-order valence-corrected chi connectivity index (χ1v) is 8.65. The SMILES string of the molecule is CCCC(C)NC(=O)C(C)S(=O)(=O)c1ccc(N)c(C)c1. The number of nitrogens with two attached hydrogens (primary N) is 1. The summed E-state index contributed by atoms with van der Waals surface area (Å²) < 4.78 is 24.9. The Morgan fingerprint density at radius 2 is 1.95 bits per heavy atom. The molecular formula is C15H24N2O3S. The molecule has 0 aromatic heterocycles. The lowest BCUT2D eigenvalue weighted by Crippen LogP contribution is -2.42. The summed E-state index contributed by atoms with van der Waals surface area (Å²) in [5, 5.41) is 1.61. The number of carbonyl (C=O) groups excluding carboxylic acids is 1. The number of sulfone groups is 1. The number of hydrogen-bond acceptors (Lipinski definition) is 4. The van der Waals surface area contributed by atoms with Gasteiger partial charge in [-0.25, -0.2) is 8.42 Å². The molecule has 0 aliphatic rings. The fourth-order valence-corrected chi connectivity index (χ4v) is 3.39. The van der Waals surface area contributed by atoms with Gasteiger partial charge >= 0.3 is 0 Å². The molecule has 118 valence electrons. The molecule has 21 heavy (non-hydrogen) atoms. The zero-order valence-corrected chi connectivity index (χ0v) is 13.8. The molecule has 0 radical (unpaired) electrons. The van der Waals surface area contributed by atoms with Crippen LogP contribution in [-0.2, 0) is 14.6 Å². The number of anilines is 1. The fraction of sp³-hybridized carbons (Fsp3) is 0.533. The first-order chi connectivity index (χ1) is 9.70. The molecule has 3 N–H and O–H groups in total. The minimum atomic E-state index is -3.71. The van der Waals surface area contributed by atoms with Crippen molar-refractivity contribution < 1.29 is 13.2 Å². The highest BCUT2D eigenvalue weighted by Crippen LogP contribution is 2.21. The first-order valence-electron chi connectivity index (χ1n) is 7.10. The quantitative estimate of drug-likeness (QED) is 0.787. The molecule has 0 aliphatic heterocycles. The van der Waals surface area contributed by atoms with E-state index >= 15 is 0 Å². The van der Waals surface area contributed by atoms with Gasteiger partial charge in [-0.2, -0.15) is 0 Å². The average molecular weight is 312 g/mol. The van der Waals surface area contributed by atoms with E-state index in [0.717, 1.165) is 12.8 Å². The van der Waals surface area contributed by atoms with Gasteiger partial charge < -0.3 is 11.1 Å². The predicted molar refractivity (Wildman–Crippen MR) is 84.8 cm³/mol. The van der Waals surface area contributed by atoms with Crippen LogP contribution in [0.2, 0.25) is 0 Å². The van der Waals surface area contributed by atoms with E-state index in [0.29, 0.717) is 11.3 Å². The average Bonchev–Trinajstić information content (AvgIpc) is 2.40. The molecule has 1 aromatic rings. The van der Waals surface area contributed by atoms with Gasteiger partial charge in [0.15, 0.2) is 9.84 Å². The Kier molecular flexibility index (Phi) is 5.78. The van der Waals surface area contributed by atoms with Crippen LogP contribution < -0.4 is 11.1 Å². The molecule has 1 amide bonds. The van der Waals surface area contributed by atoms with E-state index in [1.54, 1.807) is 13.0 Å². The second-order valence-corrected chi connectivity index (χ2v) is 7.67. The van der Waals surface area contributed by atoms with Crippen LogP contribution in [0.1, 0.15) is 39.2 Å². The number of benzene rings is 1. The van der Waals surface area contributed by atoms with Crippen molar-refractivity contribution in [1.29, 1.82) is 0 Å². The number of nitrogen functional groups attached to an aromatic ring is 1. The summed E-state index contributed by atoms with van der Waals surface area (Å²) in [4.78, 5) is 12.2. The Morgan fingerprint density at radius 3 is 2.48 bits per heavy atom. The molecule has 0 spiro atoms. The highest BCUT2D eigenvalue weighted by molar-refractivity contribution is 7.92. The second kappa shape index (κ2) is 6.93. The Bertz CT molecular complexity index is 611. The number of amides is 1. The molecule has 5 nitrogen and oxygen atoms in total. The van der Waals surface area contributed by atoms with Gasteiger partial charge in [0.25, 0.3) is 0 Å². The molecule has 0 bridgehead atoms. The van der Waals surface area contributed by atoms with Crippen LogP contribution in [0.4, 0.5) is 5.69 Å². The van der Waals surface area contributed by atoms with E-state index < -0.39 is 21.0 Å². The Labute approximate surface area is 126 Å². The lowest BCUT2D eigenvalue weighted by molar-refractivity contribution is -0.121. The van der Waals surface area contributed by atoms with Crippen LogP contribution in [-0.4, -0.2) is 25.6 Å². The third-order valence-electron chi connectivity index (χ3n) is 3.51. The topological polar surface area (TPSA) is 89.3 Å². The summed E-state index contributed by atoms with van der Waals surface area (Å²) in [5.74, 6) is -0.467. The van der Waals surface area contributed by atoms with Gasteiger partial charge in [0.2, 0.25) is 5.91 Å². The Balaban J connectivity index is 2.95. The van der Waals surface area contributed by atoms with E-state index in [4.69, 9.17) is 5.73 Å². The maximum Gasteiger partial charge on any atom is 0.238 e. The smallest absolute Gasteiger partial charge is 0.238 e. The zero-order chi connectivity index (χ0) is 16.2. The highest BCUT2D eigenvalue weighted by atomic mass is 32.2. The van der Waals surface area contributed by atoms with Crippen molar-refractivity contribution in [2.75, 3.05) is 5.73 Å². The molecule has 2 unspecified atom stereocenters. The number of aryl methyl sites for hydroxylation is 1. The molecule has 1 rings (SSSR count). The third kappa shape index (κ3) is 4.20. The molecule has 1 aromatic carbocycles. The standard InChI is InChI=1S/C15H24N2O3S/c1-5-6-11(3)17-15(18)12(4)21(19,20)13-7-8-14(16)10(2)9-13/h7-9,11-12H,5-6,16H2,1-4H3,(H,17,18). The van der Waals surface area contributed by atoms with E-state index in [9.17, 15) is 13.2 Å². The number of nitrogens with one attached hydrogen (secondary N) is 1. The molecule has 0 saturated heterocycles. The molecule has 0 heterocycles. The number of carbonyl (C=O) groups is 1. The van der Waals surface area contributed by atoms with Gasteiger partial charge in [-0.05, 0) is 51.0 Å². The Hall–Kier alpha value is -1.56. The van der Waals surface area contributed by atoms with Crippen molar-refractivity contribution in [1.82, 2.24) is 5.32 Å². The van der Waals surface area contributed by atoms with Gasteiger partial charge in [-0.15, -0.1) is 0 Å². The maximum absolute atomic E-state index is 12.5. The molecule has 0 saturated carbocycles. The summed E-state index contributed by atoms with van der Waals surface area (Å²) >= 11 is 0. The van der Waals surface area contributed by atoms with Crippen molar-refractivity contribution >= 4 is 21.4 Å². The van der Waals surface area contributed by atoms with Crippen molar-refractivity contribution in [3.8, 4) is 0 Å². The van der Waals surface area contributed by atoms with Crippen LogP contribution in [0.5, 0.6) is 0 Å². The largest absolute Gasteiger partial charge is 0.399 e. The van der Waals surface area contributed by atoms with Crippen molar-refractivity contribution in [3.63, 3.8) is 0 Å². The van der Waals surface area contributed by atoms with E-state index in [2.05, 4.69) is 5.32 Å². The van der Waals surface area contributed by atoms with Gasteiger partial charge in [0.1, 0.15) is 5.25 Å².